The third-order valence-corrected chi connectivity index (χ3v) is 4.42. The van der Waals surface area contributed by atoms with E-state index in [4.69, 9.17) is 21.7 Å². The average molecular weight is 323 g/mol. The Balaban J connectivity index is 2.25. The number of carbonyl (C=O) groups is 1. The normalized spacial score (nSPS) is 16.7. The molecule has 21 heavy (non-hydrogen) atoms. The van der Waals surface area contributed by atoms with E-state index in [9.17, 15) is 4.79 Å². The largest absolute Gasteiger partial charge is 0.493 e. The fourth-order valence-corrected chi connectivity index (χ4v) is 2.98. The number of ether oxygens (including phenoxy) is 2. The van der Waals surface area contributed by atoms with Crippen LogP contribution in [0.2, 0.25) is 0 Å². The Labute approximate surface area is 134 Å². The maximum absolute atomic E-state index is 12.0. The molecule has 0 aliphatic carbocycles. The van der Waals surface area contributed by atoms with Gasteiger partial charge >= 0.3 is 0 Å². The van der Waals surface area contributed by atoms with Gasteiger partial charge in [-0.15, -0.1) is 0 Å². The van der Waals surface area contributed by atoms with E-state index in [2.05, 4.69) is 0 Å². The SMILES string of the molecule is CCCOc1ccc(/C=C2\SC(=S)N(C)C2=O)cc1OC. The minimum absolute atomic E-state index is 0.0738. The highest BCUT2D eigenvalue weighted by Crippen LogP contribution is 2.34. The highest BCUT2D eigenvalue weighted by molar-refractivity contribution is 8.26. The zero-order valence-electron chi connectivity index (χ0n) is 12.2. The minimum Gasteiger partial charge on any atom is -0.493 e. The second kappa shape index (κ2) is 6.95. The molecule has 1 saturated heterocycles. The molecule has 6 heteroatoms. The second-order valence-corrected chi connectivity index (χ2v) is 6.18. The number of carbonyl (C=O) groups excluding carboxylic acids is 1. The van der Waals surface area contributed by atoms with Gasteiger partial charge in [0.05, 0.1) is 18.6 Å². The van der Waals surface area contributed by atoms with Gasteiger partial charge in [-0.05, 0) is 30.2 Å². The summed E-state index contributed by atoms with van der Waals surface area (Å²) in [6.45, 7) is 2.69. The van der Waals surface area contributed by atoms with Gasteiger partial charge in [-0.1, -0.05) is 37.0 Å². The van der Waals surface area contributed by atoms with Crippen LogP contribution in [0.3, 0.4) is 0 Å². The Morgan fingerprint density at radius 2 is 2.14 bits per heavy atom. The number of likely N-dealkylation sites (N-methyl/N-ethyl adjacent to an activating group) is 1. The first-order valence-corrected chi connectivity index (χ1v) is 7.81. The summed E-state index contributed by atoms with van der Waals surface area (Å²) in [5.74, 6) is 1.29. The van der Waals surface area contributed by atoms with Crippen molar-refractivity contribution in [3.63, 3.8) is 0 Å². The van der Waals surface area contributed by atoms with Crippen molar-refractivity contribution in [3.05, 3.63) is 28.7 Å². The Morgan fingerprint density at radius 1 is 1.38 bits per heavy atom. The summed E-state index contributed by atoms with van der Waals surface area (Å²) in [6.07, 6.45) is 2.75. The molecule has 1 aliphatic rings. The van der Waals surface area contributed by atoms with Crippen LogP contribution < -0.4 is 9.47 Å². The summed E-state index contributed by atoms with van der Waals surface area (Å²) in [5, 5.41) is 0. The lowest BCUT2D eigenvalue weighted by atomic mass is 10.2. The van der Waals surface area contributed by atoms with Crippen LogP contribution in [0.4, 0.5) is 0 Å². The second-order valence-electron chi connectivity index (χ2n) is 4.50. The fourth-order valence-electron chi connectivity index (χ4n) is 1.80. The molecule has 0 spiro atoms. The topological polar surface area (TPSA) is 38.8 Å². The molecule has 0 N–H and O–H groups in total. The van der Waals surface area contributed by atoms with E-state index in [1.165, 1.54) is 16.7 Å². The first-order chi connectivity index (χ1) is 10.1. The summed E-state index contributed by atoms with van der Waals surface area (Å²) in [4.78, 5) is 14.1. The van der Waals surface area contributed by atoms with E-state index in [1.54, 1.807) is 14.2 Å². The van der Waals surface area contributed by atoms with Gasteiger partial charge < -0.3 is 9.47 Å². The van der Waals surface area contributed by atoms with Crippen molar-refractivity contribution in [2.75, 3.05) is 20.8 Å². The number of thioether (sulfide) groups is 1. The quantitative estimate of drug-likeness (QED) is 0.614. The molecule has 4 nitrogen and oxygen atoms in total. The number of methoxy groups -OCH3 is 1. The van der Waals surface area contributed by atoms with Gasteiger partial charge in [-0.2, -0.15) is 0 Å². The monoisotopic (exact) mass is 323 g/mol. The number of hydrogen-bond acceptors (Lipinski definition) is 5. The van der Waals surface area contributed by atoms with Crippen LogP contribution in [0.1, 0.15) is 18.9 Å². The smallest absolute Gasteiger partial charge is 0.265 e. The summed E-state index contributed by atoms with van der Waals surface area (Å²) >= 11 is 6.42. The van der Waals surface area contributed by atoms with Gasteiger partial charge in [-0.3, -0.25) is 9.69 Å². The molecule has 1 heterocycles. The standard InChI is InChI=1S/C15H17NO3S2/c1-4-7-19-11-6-5-10(8-12(11)18-3)9-13-14(17)16(2)15(20)21-13/h5-6,8-9H,4,7H2,1-3H3/b13-9-. The summed E-state index contributed by atoms with van der Waals surface area (Å²) in [7, 11) is 3.28. The van der Waals surface area contributed by atoms with Crippen LogP contribution in [0.15, 0.2) is 23.1 Å². The van der Waals surface area contributed by atoms with Crippen molar-refractivity contribution in [1.29, 1.82) is 0 Å². The number of thiocarbonyl (C=S) groups is 1. The molecule has 1 amide bonds. The summed E-state index contributed by atoms with van der Waals surface area (Å²) in [5.41, 5.74) is 0.879. The highest BCUT2D eigenvalue weighted by Gasteiger charge is 2.28. The van der Waals surface area contributed by atoms with Crippen molar-refractivity contribution < 1.29 is 14.3 Å². The van der Waals surface area contributed by atoms with Gasteiger partial charge in [0.15, 0.2) is 11.5 Å². The van der Waals surface area contributed by atoms with Crippen molar-refractivity contribution >= 4 is 40.3 Å². The van der Waals surface area contributed by atoms with Gasteiger partial charge in [0, 0.05) is 7.05 Å². The Hall–Kier alpha value is -1.53. The molecule has 0 bridgehead atoms. The van der Waals surface area contributed by atoms with Gasteiger partial charge in [0.25, 0.3) is 5.91 Å². The molecule has 0 unspecified atom stereocenters. The molecule has 1 aromatic rings. The van der Waals surface area contributed by atoms with E-state index in [0.717, 1.165) is 12.0 Å². The zero-order chi connectivity index (χ0) is 15.4. The maximum atomic E-state index is 12.0. The number of rotatable bonds is 5. The number of nitrogens with zero attached hydrogens (tertiary/aromatic N) is 1. The minimum atomic E-state index is -0.0738. The molecule has 0 atom stereocenters. The van der Waals surface area contributed by atoms with Crippen molar-refractivity contribution in [3.8, 4) is 11.5 Å². The predicted octanol–water partition coefficient (Wildman–Crippen LogP) is 3.32. The Bertz CT molecular complexity index is 599. The van der Waals surface area contributed by atoms with E-state index >= 15 is 0 Å². The molecule has 112 valence electrons. The van der Waals surface area contributed by atoms with Crippen LogP contribution in [-0.4, -0.2) is 35.9 Å². The van der Waals surface area contributed by atoms with E-state index < -0.39 is 0 Å². The average Bonchev–Trinajstić information content (AvgIpc) is 2.73. The lowest BCUT2D eigenvalue weighted by Gasteiger charge is -2.10. The first-order valence-electron chi connectivity index (χ1n) is 6.59. The fraction of sp³-hybridized carbons (Fsp3) is 0.333. The molecule has 1 fully saturated rings. The number of benzene rings is 1. The lowest BCUT2D eigenvalue weighted by molar-refractivity contribution is -0.121. The van der Waals surface area contributed by atoms with Crippen molar-refractivity contribution in [2.24, 2.45) is 0 Å². The highest BCUT2D eigenvalue weighted by atomic mass is 32.2. The summed E-state index contributed by atoms with van der Waals surface area (Å²) in [6, 6.07) is 5.61. The van der Waals surface area contributed by atoms with Crippen molar-refractivity contribution in [2.45, 2.75) is 13.3 Å². The summed E-state index contributed by atoms with van der Waals surface area (Å²) < 4.78 is 11.5. The predicted molar refractivity (Wildman–Crippen MR) is 89.7 cm³/mol. The molecule has 1 aromatic carbocycles. The lowest BCUT2D eigenvalue weighted by Crippen LogP contribution is -2.22. The van der Waals surface area contributed by atoms with Crippen LogP contribution in [0, 0.1) is 0 Å². The molecule has 0 saturated carbocycles. The van der Waals surface area contributed by atoms with E-state index in [-0.39, 0.29) is 5.91 Å². The number of amides is 1. The van der Waals surface area contributed by atoms with Crippen molar-refractivity contribution in [1.82, 2.24) is 4.90 Å². The molecule has 0 radical (unpaired) electrons. The van der Waals surface area contributed by atoms with Gasteiger partial charge in [0.2, 0.25) is 0 Å². The van der Waals surface area contributed by atoms with Crippen LogP contribution >= 0.6 is 24.0 Å². The van der Waals surface area contributed by atoms with E-state index in [1.807, 2.05) is 31.2 Å². The third kappa shape index (κ3) is 3.57. The molecule has 1 aliphatic heterocycles. The molecule has 2 rings (SSSR count). The number of hydrogen-bond donors (Lipinski definition) is 0. The first kappa shape index (κ1) is 15.9. The molecular weight excluding hydrogens is 306 g/mol. The zero-order valence-corrected chi connectivity index (χ0v) is 13.8. The Kier molecular flexibility index (Phi) is 5.25. The van der Waals surface area contributed by atoms with Crippen LogP contribution in [0.25, 0.3) is 6.08 Å². The van der Waals surface area contributed by atoms with Crippen LogP contribution in [0.5, 0.6) is 11.5 Å². The van der Waals surface area contributed by atoms with Gasteiger partial charge in [0.1, 0.15) is 4.32 Å². The Morgan fingerprint density at radius 3 is 2.71 bits per heavy atom. The van der Waals surface area contributed by atoms with Crippen LogP contribution in [-0.2, 0) is 4.79 Å². The van der Waals surface area contributed by atoms with Gasteiger partial charge in [-0.25, -0.2) is 0 Å². The molecular formula is C15H17NO3S2. The molecule has 0 aromatic heterocycles. The maximum Gasteiger partial charge on any atom is 0.265 e. The third-order valence-electron chi connectivity index (χ3n) is 2.93. The van der Waals surface area contributed by atoms with E-state index in [0.29, 0.717) is 27.3 Å².